The fourth-order valence-corrected chi connectivity index (χ4v) is 2.95. The van der Waals surface area contributed by atoms with Gasteiger partial charge in [0.15, 0.2) is 5.82 Å². The van der Waals surface area contributed by atoms with E-state index < -0.39 is 0 Å². The molecule has 23 heavy (non-hydrogen) atoms. The van der Waals surface area contributed by atoms with Gasteiger partial charge in [-0.1, -0.05) is 12.1 Å². The number of aromatic nitrogens is 2. The zero-order valence-electron chi connectivity index (χ0n) is 12.8. The molecule has 118 valence electrons. The second kappa shape index (κ2) is 5.48. The number of nitrogens with two attached hydrogens (primary N) is 2. The van der Waals surface area contributed by atoms with E-state index in [9.17, 15) is 0 Å². The summed E-state index contributed by atoms with van der Waals surface area (Å²) in [6.45, 7) is 3.10. The monoisotopic (exact) mass is 309 g/mol. The molecule has 1 aliphatic heterocycles. The highest BCUT2D eigenvalue weighted by Gasteiger charge is 2.19. The summed E-state index contributed by atoms with van der Waals surface area (Å²) < 4.78 is 7.65. The Bertz CT molecular complexity index is 851. The predicted molar refractivity (Wildman–Crippen MR) is 92.8 cm³/mol. The van der Waals surface area contributed by atoms with Crippen LogP contribution >= 0.6 is 0 Å². The highest BCUT2D eigenvalue weighted by atomic mass is 16.5. The summed E-state index contributed by atoms with van der Waals surface area (Å²) in [4.78, 5) is 4.81. The van der Waals surface area contributed by atoms with Crippen LogP contribution in [0.1, 0.15) is 0 Å². The van der Waals surface area contributed by atoms with Crippen LogP contribution in [0.2, 0.25) is 0 Å². The van der Waals surface area contributed by atoms with Crippen LogP contribution in [0.5, 0.6) is 0 Å². The van der Waals surface area contributed by atoms with Crippen molar-refractivity contribution in [1.29, 1.82) is 0 Å². The van der Waals surface area contributed by atoms with Crippen molar-refractivity contribution in [3.63, 3.8) is 0 Å². The quantitative estimate of drug-likeness (QED) is 0.706. The highest BCUT2D eigenvalue weighted by Crippen LogP contribution is 2.28. The maximum absolute atomic E-state index is 5.99. The van der Waals surface area contributed by atoms with Crippen LogP contribution < -0.4 is 16.5 Å². The van der Waals surface area contributed by atoms with Gasteiger partial charge in [0.25, 0.3) is 0 Å². The first-order valence-electron chi connectivity index (χ1n) is 7.70. The second-order valence-electron chi connectivity index (χ2n) is 5.65. The number of imidazole rings is 1. The Morgan fingerprint density at radius 2 is 1.74 bits per heavy atom. The number of benzene rings is 2. The van der Waals surface area contributed by atoms with Crippen molar-refractivity contribution in [1.82, 2.24) is 9.66 Å². The first-order chi connectivity index (χ1) is 11.2. The SMILES string of the molecule is Nc1ccc(-c2nc3ccccc3n2N2CCOCC2)cc1N. The Balaban J connectivity index is 1.92. The molecule has 0 bridgehead atoms. The Morgan fingerprint density at radius 1 is 0.957 bits per heavy atom. The van der Waals surface area contributed by atoms with Crippen molar-refractivity contribution in [3.8, 4) is 11.4 Å². The van der Waals surface area contributed by atoms with Gasteiger partial charge in [-0.05, 0) is 30.3 Å². The topological polar surface area (TPSA) is 82.3 Å². The lowest BCUT2D eigenvalue weighted by atomic mass is 10.1. The van der Waals surface area contributed by atoms with Gasteiger partial charge in [-0.15, -0.1) is 0 Å². The number of hydrogen-bond acceptors (Lipinski definition) is 5. The molecule has 0 saturated carbocycles. The molecule has 0 spiro atoms. The smallest absolute Gasteiger partial charge is 0.159 e. The van der Waals surface area contributed by atoms with E-state index in [0.29, 0.717) is 11.4 Å². The number of hydrogen-bond donors (Lipinski definition) is 2. The number of nitrogen functional groups attached to an aromatic ring is 2. The Kier molecular flexibility index (Phi) is 3.31. The number of nitrogens with zero attached hydrogens (tertiary/aromatic N) is 3. The minimum absolute atomic E-state index is 0.572. The highest BCUT2D eigenvalue weighted by molar-refractivity contribution is 5.82. The van der Waals surface area contributed by atoms with E-state index in [1.54, 1.807) is 0 Å². The number of fused-ring (bicyclic) bond motifs is 1. The summed E-state index contributed by atoms with van der Waals surface area (Å²) in [5.74, 6) is 0.875. The van der Waals surface area contributed by atoms with Gasteiger partial charge in [0.05, 0.1) is 48.7 Å². The maximum Gasteiger partial charge on any atom is 0.159 e. The molecule has 4 rings (SSSR count). The van der Waals surface area contributed by atoms with Gasteiger partial charge in [0, 0.05) is 5.56 Å². The third-order valence-corrected chi connectivity index (χ3v) is 4.15. The number of anilines is 2. The summed E-state index contributed by atoms with van der Waals surface area (Å²) in [6.07, 6.45) is 0. The van der Waals surface area contributed by atoms with Crippen LogP contribution in [0.3, 0.4) is 0 Å². The van der Waals surface area contributed by atoms with E-state index >= 15 is 0 Å². The maximum atomic E-state index is 5.99. The van der Waals surface area contributed by atoms with Crippen LogP contribution in [0.25, 0.3) is 22.4 Å². The average Bonchev–Trinajstić information content (AvgIpc) is 2.97. The van der Waals surface area contributed by atoms with Crippen LogP contribution in [-0.2, 0) is 4.74 Å². The van der Waals surface area contributed by atoms with E-state index in [0.717, 1.165) is 48.7 Å². The Labute approximate surface area is 134 Å². The van der Waals surface area contributed by atoms with Crippen molar-refractivity contribution < 1.29 is 4.74 Å². The fraction of sp³-hybridized carbons (Fsp3) is 0.235. The molecule has 1 aromatic heterocycles. The van der Waals surface area contributed by atoms with E-state index in [1.165, 1.54) is 0 Å². The lowest BCUT2D eigenvalue weighted by Gasteiger charge is -2.31. The van der Waals surface area contributed by atoms with Gasteiger partial charge >= 0.3 is 0 Å². The number of rotatable bonds is 2. The van der Waals surface area contributed by atoms with Gasteiger partial charge in [0.1, 0.15) is 0 Å². The van der Waals surface area contributed by atoms with E-state index in [2.05, 4.69) is 15.8 Å². The summed E-state index contributed by atoms with van der Waals surface area (Å²) in [7, 11) is 0. The van der Waals surface area contributed by atoms with Crippen LogP contribution in [0.15, 0.2) is 42.5 Å². The van der Waals surface area contributed by atoms with Crippen molar-refractivity contribution in [3.05, 3.63) is 42.5 Å². The number of ether oxygens (including phenoxy) is 1. The van der Waals surface area contributed by atoms with Gasteiger partial charge in [-0.3, -0.25) is 0 Å². The largest absolute Gasteiger partial charge is 0.397 e. The lowest BCUT2D eigenvalue weighted by molar-refractivity contribution is 0.112. The van der Waals surface area contributed by atoms with E-state index in [-0.39, 0.29) is 0 Å². The molecule has 6 heteroatoms. The first-order valence-corrected chi connectivity index (χ1v) is 7.70. The molecule has 0 atom stereocenters. The van der Waals surface area contributed by atoms with Gasteiger partial charge in [-0.2, -0.15) is 0 Å². The average molecular weight is 309 g/mol. The molecular weight excluding hydrogens is 290 g/mol. The first kappa shape index (κ1) is 13.9. The summed E-state index contributed by atoms with van der Waals surface area (Å²) in [6, 6.07) is 13.8. The molecule has 0 amide bonds. The Morgan fingerprint density at radius 3 is 2.52 bits per heavy atom. The zero-order valence-corrected chi connectivity index (χ0v) is 12.8. The van der Waals surface area contributed by atoms with Crippen LogP contribution in [0, 0.1) is 0 Å². The lowest BCUT2D eigenvalue weighted by Crippen LogP contribution is -2.44. The van der Waals surface area contributed by atoms with Gasteiger partial charge in [0.2, 0.25) is 0 Å². The standard InChI is InChI=1S/C17H19N5O/c18-13-6-5-12(11-14(13)19)17-20-15-3-1-2-4-16(15)22(17)21-7-9-23-10-8-21/h1-6,11H,7-10,18-19H2. The normalized spacial score (nSPS) is 15.2. The van der Waals surface area contributed by atoms with Crippen molar-refractivity contribution in [2.45, 2.75) is 0 Å². The summed E-state index contributed by atoms with van der Waals surface area (Å²) in [5, 5.41) is 2.26. The van der Waals surface area contributed by atoms with Gasteiger partial charge < -0.3 is 21.2 Å². The minimum Gasteiger partial charge on any atom is -0.397 e. The van der Waals surface area contributed by atoms with Crippen LogP contribution in [0.4, 0.5) is 11.4 Å². The van der Waals surface area contributed by atoms with Crippen molar-refractivity contribution in [2.75, 3.05) is 42.8 Å². The van der Waals surface area contributed by atoms with E-state index in [1.807, 2.05) is 36.4 Å². The molecule has 1 fully saturated rings. The molecule has 2 heterocycles. The third-order valence-electron chi connectivity index (χ3n) is 4.15. The Hall–Kier alpha value is -2.73. The predicted octanol–water partition coefficient (Wildman–Crippen LogP) is 1.84. The molecule has 0 unspecified atom stereocenters. The van der Waals surface area contributed by atoms with Gasteiger partial charge in [-0.25, -0.2) is 9.66 Å². The van der Waals surface area contributed by atoms with Crippen molar-refractivity contribution >= 4 is 22.4 Å². The summed E-state index contributed by atoms with van der Waals surface area (Å²) in [5.41, 5.74) is 16.0. The molecule has 0 radical (unpaired) electrons. The minimum atomic E-state index is 0.572. The summed E-state index contributed by atoms with van der Waals surface area (Å²) >= 11 is 0. The third kappa shape index (κ3) is 2.37. The van der Waals surface area contributed by atoms with Crippen molar-refractivity contribution in [2.24, 2.45) is 0 Å². The fourth-order valence-electron chi connectivity index (χ4n) is 2.95. The molecule has 2 aromatic carbocycles. The molecule has 6 nitrogen and oxygen atoms in total. The molecule has 1 aliphatic rings. The molecule has 0 aliphatic carbocycles. The second-order valence-corrected chi connectivity index (χ2v) is 5.65. The zero-order chi connectivity index (χ0) is 15.8. The number of morpholine rings is 1. The molecule has 1 saturated heterocycles. The number of para-hydroxylation sites is 2. The van der Waals surface area contributed by atoms with E-state index in [4.69, 9.17) is 21.2 Å². The molecule has 3 aromatic rings. The van der Waals surface area contributed by atoms with Crippen LogP contribution in [-0.4, -0.2) is 36.0 Å². The molecule has 4 N–H and O–H groups in total. The molecular formula is C17H19N5O.